The van der Waals surface area contributed by atoms with Crippen LogP contribution in [0.1, 0.15) is 43.3 Å². The summed E-state index contributed by atoms with van der Waals surface area (Å²) in [6.07, 6.45) is 3.30. The fourth-order valence-corrected chi connectivity index (χ4v) is 3.91. The molecule has 2 aromatic heterocycles. The number of nitrogens with two attached hydrogens (primary N) is 1. The number of nitrogens with zero attached hydrogens (tertiary/aromatic N) is 2. The third kappa shape index (κ3) is 2.06. The zero-order chi connectivity index (χ0) is 14.5. The van der Waals surface area contributed by atoms with Crippen LogP contribution in [-0.4, -0.2) is 4.98 Å². The average molecular weight is 285 g/mol. The standard InChI is InChI=1S/C16H19N3S/c1-16(2,3)10-4-5-12-9(6-10)7-11-14(18)13(8-17)20-15(11)19-12/h7,10H,4-6,18H2,1-3H3/t10-/m1/s1. The van der Waals surface area contributed by atoms with Gasteiger partial charge in [-0.15, -0.1) is 11.3 Å². The molecule has 1 aliphatic rings. The molecule has 0 aromatic carbocycles. The van der Waals surface area contributed by atoms with Crippen molar-refractivity contribution in [2.75, 3.05) is 5.73 Å². The predicted octanol–water partition coefficient (Wildman–Crippen LogP) is 3.90. The molecular formula is C16H19N3S. The van der Waals surface area contributed by atoms with Crippen LogP contribution in [0.3, 0.4) is 0 Å². The minimum absolute atomic E-state index is 0.324. The van der Waals surface area contributed by atoms with Crippen molar-refractivity contribution in [1.29, 1.82) is 5.26 Å². The maximum atomic E-state index is 9.09. The lowest BCUT2D eigenvalue weighted by Crippen LogP contribution is -2.27. The van der Waals surface area contributed by atoms with E-state index in [1.807, 2.05) is 0 Å². The monoisotopic (exact) mass is 285 g/mol. The lowest BCUT2D eigenvalue weighted by molar-refractivity contribution is 0.215. The van der Waals surface area contributed by atoms with Crippen LogP contribution in [0.2, 0.25) is 0 Å². The molecule has 0 unspecified atom stereocenters. The summed E-state index contributed by atoms with van der Waals surface area (Å²) in [5.41, 5.74) is 9.49. The highest BCUT2D eigenvalue weighted by molar-refractivity contribution is 7.19. The lowest BCUT2D eigenvalue weighted by Gasteiger charge is -2.34. The molecule has 3 rings (SSSR count). The van der Waals surface area contributed by atoms with Gasteiger partial charge in [0.1, 0.15) is 15.8 Å². The number of nitriles is 1. The quantitative estimate of drug-likeness (QED) is 0.798. The van der Waals surface area contributed by atoms with Crippen LogP contribution in [0.5, 0.6) is 0 Å². The van der Waals surface area contributed by atoms with Gasteiger partial charge < -0.3 is 5.73 Å². The second-order valence-corrected chi connectivity index (χ2v) is 7.71. The molecule has 0 spiro atoms. The van der Waals surface area contributed by atoms with Gasteiger partial charge in [0.25, 0.3) is 0 Å². The van der Waals surface area contributed by atoms with E-state index in [9.17, 15) is 0 Å². The highest BCUT2D eigenvalue weighted by Gasteiger charge is 2.29. The Bertz CT molecular complexity index is 716. The van der Waals surface area contributed by atoms with E-state index in [2.05, 4.69) is 32.9 Å². The highest BCUT2D eigenvalue weighted by atomic mass is 32.1. The van der Waals surface area contributed by atoms with Crippen molar-refractivity contribution in [3.05, 3.63) is 22.2 Å². The van der Waals surface area contributed by atoms with Gasteiger partial charge in [-0.3, -0.25) is 0 Å². The summed E-state index contributed by atoms with van der Waals surface area (Å²) in [7, 11) is 0. The number of fused-ring (bicyclic) bond motifs is 2. The van der Waals surface area contributed by atoms with E-state index < -0.39 is 0 Å². The van der Waals surface area contributed by atoms with E-state index in [0.717, 1.165) is 23.1 Å². The molecule has 4 heteroatoms. The van der Waals surface area contributed by atoms with Crippen LogP contribution in [0.15, 0.2) is 6.07 Å². The minimum Gasteiger partial charge on any atom is -0.396 e. The maximum absolute atomic E-state index is 9.09. The first-order chi connectivity index (χ1) is 9.40. The summed E-state index contributed by atoms with van der Waals surface area (Å²) >= 11 is 1.41. The minimum atomic E-state index is 0.324. The molecule has 0 radical (unpaired) electrons. The number of thiophene rings is 1. The largest absolute Gasteiger partial charge is 0.396 e. The summed E-state index contributed by atoms with van der Waals surface area (Å²) in [6, 6.07) is 4.33. The number of hydrogen-bond donors (Lipinski definition) is 1. The number of rotatable bonds is 0. The molecule has 104 valence electrons. The Labute approximate surface area is 123 Å². The third-order valence-electron chi connectivity index (χ3n) is 4.41. The molecule has 0 amide bonds. The predicted molar refractivity (Wildman–Crippen MR) is 83.7 cm³/mol. The molecule has 0 aliphatic heterocycles. The van der Waals surface area contributed by atoms with E-state index in [1.165, 1.54) is 29.0 Å². The fraction of sp³-hybridized carbons (Fsp3) is 0.500. The number of aromatic nitrogens is 1. The van der Waals surface area contributed by atoms with Crippen LogP contribution < -0.4 is 5.73 Å². The van der Waals surface area contributed by atoms with Crippen molar-refractivity contribution in [2.24, 2.45) is 11.3 Å². The number of pyridine rings is 1. The van der Waals surface area contributed by atoms with Crippen molar-refractivity contribution in [2.45, 2.75) is 40.0 Å². The van der Waals surface area contributed by atoms with Crippen molar-refractivity contribution in [3.63, 3.8) is 0 Å². The Morgan fingerprint density at radius 1 is 1.45 bits per heavy atom. The SMILES string of the molecule is CC(C)(C)[C@@H]1CCc2nc3sc(C#N)c(N)c3cc2C1. The number of nitrogen functional groups attached to an aromatic ring is 1. The Morgan fingerprint density at radius 2 is 2.20 bits per heavy atom. The van der Waals surface area contributed by atoms with Crippen LogP contribution in [-0.2, 0) is 12.8 Å². The summed E-state index contributed by atoms with van der Waals surface area (Å²) in [6.45, 7) is 6.92. The van der Waals surface area contributed by atoms with Crippen molar-refractivity contribution in [3.8, 4) is 6.07 Å². The lowest BCUT2D eigenvalue weighted by atomic mass is 9.71. The number of hydrogen-bond acceptors (Lipinski definition) is 4. The van der Waals surface area contributed by atoms with Crippen molar-refractivity contribution in [1.82, 2.24) is 4.98 Å². The van der Waals surface area contributed by atoms with Gasteiger partial charge in [-0.1, -0.05) is 20.8 Å². The van der Waals surface area contributed by atoms with Gasteiger partial charge in [0, 0.05) is 11.1 Å². The molecular weight excluding hydrogens is 266 g/mol. The first kappa shape index (κ1) is 13.4. The van der Waals surface area contributed by atoms with E-state index in [4.69, 9.17) is 16.0 Å². The molecule has 2 aromatic rings. The molecule has 0 saturated carbocycles. The molecule has 2 heterocycles. The third-order valence-corrected chi connectivity index (χ3v) is 5.43. The van der Waals surface area contributed by atoms with Gasteiger partial charge in [-0.2, -0.15) is 5.26 Å². The van der Waals surface area contributed by atoms with Gasteiger partial charge >= 0.3 is 0 Å². The molecule has 0 saturated heterocycles. The van der Waals surface area contributed by atoms with E-state index >= 15 is 0 Å². The molecule has 0 fully saturated rings. The molecule has 3 nitrogen and oxygen atoms in total. The van der Waals surface area contributed by atoms with Gasteiger partial charge in [0.15, 0.2) is 0 Å². The summed E-state index contributed by atoms with van der Waals surface area (Å²) in [4.78, 5) is 6.24. The van der Waals surface area contributed by atoms with E-state index in [-0.39, 0.29) is 0 Å². The second kappa shape index (κ2) is 4.46. The zero-order valence-corrected chi connectivity index (χ0v) is 13.0. The van der Waals surface area contributed by atoms with Crippen LogP contribution in [0, 0.1) is 22.7 Å². The fourth-order valence-electron chi connectivity index (χ4n) is 3.01. The van der Waals surface area contributed by atoms with Gasteiger partial charge in [0.05, 0.1) is 5.69 Å². The Morgan fingerprint density at radius 3 is 2.85 bits per heavy atom. The van der Waals surface area contributed by atoms with E-state index in [0.29, 0.717) is 21.9 Å². The summed E-state index contributed by atoms with van der Waals surface area (Å²) in [5, 5.41) is 10.0. The van der Waals surface area contributed by atoms with Crippen molar-refractivity contribution < 1.29 is 0 Å². The summed E-state index contributed by atoms with van der Waals surface area (Å²) in [5.74, 6) is 0.685. The van der Waals surface area contributed by atoms with Gasteiger partial charge in [-0.05, 0) is 42.2 Å². The molecule has 1 aliphatic carbocycles. The Balaban J connectivity index is 2.09. The normalized spacial score (nSPS) is 18.8. The molecule has 0 bridgehead atoms. The zero-order valence-electron chi connectivity index (χ0n) is 12.2. The first-order valence-corrected chi connectivity index (χ1v) is 7.82. The van der Waals surface area contributed by atoms with Gasteiger partial charge in [-0.25, -0.2) is 4.98 Å². The smallest absolute Gasteiger partial charge is 0.130 e. The molecule has 20 heavy (non-hydrogen) atoms. The number of aryl methyl sites for hydroxylation is 1. The molecule has 1 atom stereocenters. The summed E-state index contributed by atoms with van der Waals surface area (Å²) < 4.78 is 0. The topological polar surface area (TPSA) is 62.7 Å². The van der Waals surface area contributed by atoms with Crippen molar-refractivity contribution >= 4 is 27.2 Å². The van der Waals surface area contributed by atoms with Gasteiger partial charge in [0.2, 0.25) is 0 Å². The number of anilines is 1. The average Bonchev–Trinajstić information content (AvgIpc) is 2.71. The van der Waals surface area contributed by atoms with Crippen LogP contribution in [0.4, 0.5) is 5.69 Å². The van der Waals surface area contributed by atoms with E-state index in [1.54, 1.807) is 0 Å². The Kier molecular flexibility index (Phi) is 2.98. The molecule has 2 N–H and O–H groups in total. The second-order valence-electron chi connectivity index (χ2n) is 6.71. The highest BCUT2D eigenvalue weighted by Crippen LogP contribution is 2.40. The van der Waals surface area contributed by atoms with Crippen LogP contribution >= 0.6 is 11.3 Å². The Hall–Kier alpha value is -1.60. The maximum Gasteiger partial charge on any atom is 0.130 e. The van der Waals surface area contributed by atoms with Crippen LogP contribution in [0.25, 0.3) is 10.2 Å². The first-order valence-electron chi connectivity index (χ1n) is 7.01.